The van der Waals surface area contributed by atoms with Crippen molar-refractivity contribution >= 4 is 0 Å². The van der Waals surface area contributed by atoms with Crippen LogP contribution in [-0.4, -0.2) is 28.2 Å². The van der Waals surface area contributed by atoms with E-state index in [1.54, 1.807) is 4.68 Å². The Balaban J connectivity index is 2.30. The summed E-state index contributed by atoms with van der Waals surface area (Å²) in [5.74, 6) is 0. The maximum atomic E-state index is 5.92. The summed E-state index contributed by atoms with van der Waals surface area (Å²) in [4.78, 5) is 0. The van der Waals surface area contributed by atoms with Crippen LogP contribution in [0.2, 0.25) is 0 Å². The summed E-state index contributed by atoms with van der Waals surface area (Å²) in [5, 5.41) is 8.04. The van der Waals surface area contributed by atoms with Gasteiger partial charge in [-0.1, -0.05) is 18.6 Å². The second-order valence-electron chi connectivity index (χ2n) is 4.55. The van der Waals surface area contributed by atoms with Crippen molar-refractivity contribution in [1.82, 2.24) is 15.0 Å². The van der Waals surface area contributed by atoms with Crippen LogP contribution in [0.1, 0.15) is 39.3 Å². The third-order valence-corrected chi connectivity index (χ3v) is 2.31. The topological polar surface area (TPSA) is 66.0 Å². The molecule has 0 saturated carbocycles. The molecule has 1 rings (SSSR count). The van der Waals surface area contributed by atoms with Crippen LogP contribution in [0.5, 0.6) is 0 Å². The molecule has 0 aliphatic heterocycles. The zero-order chi connectivity index (χ0) is 12.0. The van der Waals surface area contributed by atoms with Crippen molar-refractivity contribution < 1.29 is 4.74 Å². The van der Waals surface area contributed by atoms with E-state index in [0.29, 0.717) is 6.61 Å². The fourth-order valence-electron chi connectivity index (χ4n) is 1.21. The fraction of sp³-hybridized carbons (Fsp3) is 0.818. The summed E-state index contributed by atoms with van der Waals surface area (Å²) in [6.45, 7) is 8.20. The van der Waals surface area contributed by atoms with E-state index in [1.165, 1.54) is 0 Å². The standard InChI is InChI=1S/C11H22N4O/c1-4-5-7-16-8-6-15-9-10(13-14-15)11(2,3)12/h9H,4-8,12H2,1-3H3. The molecule has 2 N–H and O–H groups in total. The van der Waals surface area contributed by atoms with Gasteiger partial charge in [0.15, 0.2) is 0 Å². The first-order chi connectivity index (χ1) is 7.54. The van der Waals surface area contributed by atoms with Crippen LogP contribution in [-0.2, 0) is 16.8 Å². The summed E-state index contributed by atoms with van der Waals surface area (Å²) >= 11 is 0. The fourth-order valence-corrected chi connectivity index (χ4v) is 1.21. The molecule has 0 fully saturated rings. The molecule has 92 valence electrons. The lowest BCUT2D eigenvalue weighted by atomic mass is 10.0. The molecule has 0 aromatic carbocycles. The number of hydrogen-bond donors (Lipinski definition) is 1. The number of rotatable bonds is 7. The van der Waals surface area contributed by atoms with E-state index >= 15 is 0 Å². The van der Waals surface area contributed by atoms with Crippen molar-refractivity contribution in [3.63, 3.8) is 0 Å². The van der Waals surface area contributed by atoms with Crippen LogP contribution in [0.25, 0.3) is 0 Å². The Morgan fingerprint density at radius 3 is 2.75 bits per heavy atom. The smallest absolute Gasteiger partial charge is 0.102 e. The van der Waals surface area contributed by atoms with E-state index in [4.69, 9.17) is 10.5 Å². The SMILES string of the molecule is CCCCOCCn1cc(C(C)(C)N)nn1. The largest absolute Gasteiger partial charge is 0.380 e. The Hall–Kier alpha value is -0.940. The Morgan fingerprint density at radius 1 is 1.44 bits per heavy atom. The molecule has 0 bridgehead atoms. The van der Waals surface area contributed by atoms with Crippen molar-refractivity contribution in [2.24, 2.45) is 5.73 Å². The van der Waals surface area contributed by atoms with Crippen LogP contribution >= 0.6 is 0 Å². The minimum absolute atomic E-state index is 0.429. The predicted octanol–water partition coefficient (Wildman–Crippen LogP) is 1.29. The summed E-state index contributed by atoms with van der Waals surface area (Å²) in [6, 6.07) is 0. The van der Waals surface area contributed by atoms with Gasteiger partial charge in [0.05, 0.1) is 24.9 Å². The summed E-state index contributed by atoms with van der Waals surface area (Å²) in [7, 11) is 0. The highest BCUT2D eigenvalue weighted by molar-refractivity contribution is 5.05. The Bertz CT molecular complexity index is 303. The van der Waals surface area contributed by atoms with Gasteiger partial charge in [-0.25, -0.2) is 4.68 Å². The highest BCUT2D eigenvalue weighted by Crippen LogP contribution is 2.12. The normalized spacial score (nSPS) is 12.0. The van der Waals surface area contributed by atoms with Crippen LogP contribution < -0.4 is 5.73 Å². The maximum Gasteiger partial charge on any atom is 0.102 e. The molecule has 0 aliphatic rings. The molecule has 0 spiro atoms. The van der Waals surface area contributed by atoms with Crippen molar-refractivity contribution in [3.05, 3.63) is 11.9 Å². The summed E-state index contributed by atoms with van der Waals surface area (Å²) in [6.07, 6.45) is 4.15. The highest BCUT2D eigenvalue weighted by atomic mass is 16.5. The third kappa shape index (κ3) is 4.28. The second kappa shape index (κ2) is 5.96. The predicted molar refractivity (Wildman–Crippen MR) is 63.0 cm³/mol. The lowest BCUT2D eigenvalue weighted by Crippen LogP contribution is -2.29. The Kier molecular flexibility index (Phi) is 4.89. The molecule has 1 aromatic rings. The second-order valence-corrected chi connectivity index (χ2v) is 4.55. The van der Waals surface area contributed by atoms with Crippen molar-refractivity contribution in [3.8, 4) is 0 Å². The van der Waals surface area contributed by atoms with Gasteiger partial charge in [-0.05, 0) is 20.3 Å². The van der Waals surface area contributed by atoms with Crippen LogP contribution in [0.15, 0.2) is 6.20 Å². The zero-order valence-corrected chi connectivity index (χ0v) is 10.4. The average Bonchev–Trinajstić information content (AvgIpc) is 2.65. The lowest BCUT2D eigenvalue weighted by molar-refractivity contribution is 0.120. The Labute approximate surface area is 97.0 Å². The molecule has 5 nitrogen and oxygen atoms in total. The molecular weight excluding hydrogens is 204 g/mol. The van der Waals surface area contributed by atoms with Crippen molar-refractivity contribution in [2.75, 3.05) is 13.2 Å². The van der Waals surface area contributed by atoms with Crippen LogP contribution in [0, 0.1) is 0 Å². The van der Waals surface area contributed by atoms with E-state index in [0.717, 1.165) is 31.7 Å². The Morgan fingerprint density at radius 2 is 2.19 bits per heavy atom. The van der Waals surface area contributed by atoms with Crippen LogP contribution in [0.3, 0.4) is 0 Å². The maximum absolute atomic E-state index is 5.92. The minimum Gasteiger partial charge on any atom is -0.380 e. The number of hydrogen-bond acceptors (Lipinski definition) is 4. The van der Waals surface area contributed by atoms with Gasteiger partial charge in [-0.3, -0.25) is 0 Å². The lowest BCUT2D eigenvalue weighted by Gasteiger charge is -2.13. The minimum atomic E-state index is -0.429. The van der Waals surface area contributed by atoms with E-state index in [1.807, 2.05) is 20.0 Å². The number of aromatic nitrogens is 3. The zero-order valence-electron chi connectivity index (χ0n) is 10.4. The highest BCUT2D eigenvalue weighted by Gasteiger charge is 2.17. The van der Waals surface area contributed by atoms with Crippen molar-refractivity contribution in [1.29, 1.82) is 0 Å². The molecule has 0 amide bonds. The van der Waals surface area contributed by atoms with Gasteiger partial charge >= 0.3 is 0 Å². The van der Waals surface area contributed by atoms with E-state index in [9.17, 15) is 0 Å². The molecule has 0 aliphatic carbocycles. The van der Waals surface area contributed by atoms with Gasteiger partial charge in [0.1, 0.15) is 5.69 Å². The third-order valence-electron chi connectivity index (χ3n) is 2.31. The molecule has 0 radical (unpaired) electrons. The van der Waals surface area contributed by atoms with Gasteiger partial charge in [-0.15, -0.1) is 5.10 Å². The number of unbranched alkanes of at least 4 members (excludes halogenated alkanes) is 1. The van der Waals surface area contributed by atoms with Gasteiger partial charge < -0.3 is 10.5 Å². The van der Waals surface area contributed by atoms with Gasteiger partial charge in [0, 0.05) is 6.61 Å². The van der Waals surface area contributed by atoms with Gasteiger partial charge in [0.2, 0.25) is 0 Å². The van der Waals surface area contributed by atoms with Crippen LogP contribution in [0.4, 0.5) is 0 Å². The molecule has 5 heteroatoms. The quantitative estimate of drug-likeness (QED) is 0.711. The van der Waals surface area contributed by atoms with E-state index in [-0.39, 0.29) is 0 Å². The molecule has 0 saturated heterocycles. The van der Waals surface area contributed by atoms with E-state index in [2.05, 4.69) is 17.2 Å². The first-order valence-electron chi connectivity index (χ1n) is 5.81. The first kappa shape index (κ1) is 13.1. The molecule has 1 aromatic heterocycles. The molecule has 0 unspecified atom stereocenters. The number of nitrogens with zero attached hydrogens (tertiary/aromatic N) is 3. The average molecular weight is 226 g/mol. The number of nitrogens with two attached hydrogens (primary N) is 1. The first-order valence-corrected chi connectivity index (χ1v) is 5.81. The molecule has 0 atom stereocenters. The summed E-state index contributed by atoms with van der Waals surface area (Å²) < 4.78 is 7.23. The van der Waals surface area contributed by atoms with Gasteiger partial charge in [-0.2, -0.15) is 0 Å². The van der Waals surface area contributed by atoms with Gasteiger partial charge in [0.25, 0.3) is 0 Å². The van der Waals surface area contributed by atoms with E-state index < -0.39 is 5.54 Å². The van der Waals surface area contributed by atoms with Crippen molar-refractivity contribution in [2.45, 2.75) is 45.7 Å². The molecular formula is C11H22N4O. The monoisotopic (exact) mass is 226 g/mol. The number of ether oxygens (including phenoxy) is 1. The summed E-state index contributed by atoms with van der Waals surface area (Å²) in [5.41, 5.74) is 6.29. The molecule has 16 heavy (non-hydrogen) atoms. The molecule has 1 heterocycles.